The number of anilines is 1. The second-order valence-electron chi connectivity index (χ2n) is 7.07. The standard InChI is InChI=1S/C20H31N5O/c1-21-20(22-11-15-24-12-3-2-4-13-24)23-16-17-7-9-18(10-8-17)25-14-5-6-19(25)26/h7-10H,2-6,11-16H2,1H3,(H2,21,22,23). The summed E-state index contributed by atoms with van der Waals surface area (Å²) in [5, 5.41) is 6.75. The molecule has 2 heterocycles. The van der Waals surface area contributed by atoms with Gasteiger partial charge in [0.1, 0.15) is 0 Å². The van der Waals surface area contributed by atoms with E-state index < -0.39 is 0 Å². The van der Waals surface area contributed by atoms with Crippen LogP contribution in [0.2, 0.25) is 0 Å². The Morgan fingerprint density at radius 1 is 1.04 bits per heavy atom. The van der Waals surface area contributed by atoms with E-state index in [1.807, 2.05) is 17.0 Å². The first kappa shape index (κ1) is 18.7. The van der Waals surface area contributed by atoms with Crippen molar-refractivity contribution in [1.29, 1.82) is 0 Å². The highest BCUT2D eigenvalue weighted by atomic mass is 16.2. The number of aliphatic imine (C=N–C) groups is 1. The summed E-state index contributed by atoms with van der Waals surface area (Å²) < 4.78 is 0. The van der Waals surface area contributed by atoms with E-state index in [-0.39, 0.29) is 5.91 Å². The zero-order valence-corrected chi connectivity index (χ0v) is 15.8. The highest BCUT2D eigenvalue weighted by Gasteiger charge is 2.21. The molecule has 6 nitrogen and oxygen atoms in total. The molecule has 0 aromatic heterocycles. The molecule has 0 aliphatic carbocycles. The van der Waals surface area contributed by atoms with Gasteiger partial charge in [-0.05, 0) is 50.0 Å². The number of rotatable bonds is 6. The fourth-order valence-corrected chi connectivity index (χ4v) is 3.64. The van der Waals surface area contributed by atoms with E-state index >= 15 is 0 Å². The summed E-state index contributed by atoms with van der Waals surface area (Å²) in [5.74, 6) is 1.06. The van der Waals surface area contributed by atoms with E-state index in [9.17, 15) is 4.79 Å². The largest absolute Gasteiger partial charge is 0.355 e. The third-order valence-electron chi connectivity index (χ3n) is 5.17. The van der Waals surface area contributed by atoms with Crippen molar-refractivity contribution in [2.24, 2.45) is 4.99 Å². The number of hydrogen-bond acceptors (Lipinski definition) is 3. The van der Waals surface area contributed by atoms with Gasteiger partial charge >= 0.3 is 0 Å². The average Bonchev–Trinajstić information content (AvgIpc) is 3.12. The molecule has 6 heteroatoms. The van der Waals surface area contributed by atoms with Gasteiger partial charge in [-0.25, -0.2) is 0 Å². The molecule has 0 atom stereocenters. The molecular weight excluding hydrogens is 326 g/mol. The summed E-state index contributed by atoms with van der Waals surface area (Å²) in [4.78, 5) is 20.5. The lowest BCUT2D eigenvalue weighted by atomic mass is 10.1. The molecule has 2 saturated heterocycles. The first-order valence-electron chi connectivity index (χ1n) is 9.82. The normalized spacial score (nSPS) is 19.0. The van der Waals surface area contributed by atoms with Gasteiger partial charge in [0.2, 0.25) is 5.91 Å². The van der Waals surface area contributed by atoms with E-state index in [0.29, 0.717) is 6.42 Å². The van der Waals surface area contributed by atoms with Gasteiger partial charge in [0, 0.05) is 45.3 Å². The summed E-state index contributed by atoms with van der Waals surface area (Å²) >= 11 is 0. The molecule has 1 aromatic carbocycles. The van der Waals surface area contributed by atoms with Crippen molar-refractivity contribution in [2.45, 2.75) is 38.6 Å². The Hall–Kier alpha value is -2.08. The Morgan fingerprint density at radius 3 is 2.46 bits per heavy atom. The molecule has 26 heavy (non-hydrogen) atoms. The number of carbonyl (C=O) groups excluding carboxylic acids is 1. The molecule has 0 spiro atoms. The zero-order chi connectivity index (χ0) is 18.2. The number of likely N-dealkylation sites (tertiary alicyclic amines) is 1. The molecule has 0 saturated carbocycles. The van der Waals surface area contributed by atoms with Crippen LogP contribution in [-0.4, -0.2) is 56.5 Å². The summed E-state index contributed by atoms with van der Waals surface area (Å²) in [6, 6.07) is 8.23. The summed E-state index contributed by atoms with van der Waals surface area (Å²) in [6.45, 7) is 5.98. The van der Waals surface area contributed by atoms with Crippen LogP contribution < -0.4 is 15.5 Å². The van der Waals surface area contributed by atoms with Crippen LogP contribution in [0.1, 0.15) is 37.7 Å². The number of nitrogens with one attached hydrogen (secondary N) is 2. The third-order valence-corrected chi connectivity index (χ3v) is 5.17. The molecule has 1 amide bonds. The van der Waals surface area contributed by atoms with Crippen LogP contribution in [-0.2, 0) is 11.3 Å². The number of hydrogen-bond donors (Lipinski definition) is 2. The molecule has 1 aromatic rings. The van der Waals surface area contributed by atoms with Crippen molar-refractivity contribution in [3.63, 3.8) is 0 Å². The Bertz CT molecular complexity index is 607. The van der Waals surface area contributed by atoms with Crippen molar-refractivity contribution < 1.29 is 4.79 Å². The van der Waals surface area contributed by atoms with Crippen molar-refractivity contribution in [2.75, 3.05) is 44.7 Å². The van der Waals surface area contributed by atoms with Gasteiger partial charge in [-0.3, -0.25) is 9.79 Å². The van der Waals surface area contributed by atoms with Gasteiger partial charge in [0.15, 0.2) is 5.96 Å². The second kappa shape index (κ2) is 9.57. The molecule has 2 fully saturated rings. The fourth-order valence-electron chi connectivity index (χ4n) is 3.64. The lowest BCUT2D eigenvalue weighted by Crippen LogP contribution is -2.42. The van der Waals surface area contributed by atoms with Crippen LogP contribution in [0, 0.1) is 0 Å². The minimum atomic E-state index is 0.231. The molecule has 142 valence electrons. The van der Waals surface area contributed by atoms with Crippen LogP contribution in [0.5, 0.6) is 0 Å². The van der Waals surface area contributed by atoms with Gasteiger partial charge in [-0.15, -0.1) is 0 Å². The molecule has 0 bridgehead atoms. The Kier molecular flexibility index (Phi) is 6.89. The maximum atomic E-state index is 11.8. The van der Waals surface area contributed by atoms with Crippen LogP contribution in [0.4, 0.5) is 5.69 Å². The van der Waals surface area contributed by atoms with E-state index in [1.165, 1.54) is 37.9 Å². The van der Waals surface area contributed by atoms with E-state index in [0.717, 1.165) is 44.2 Å². The van der Waals surface area contributed by atoms with Crippen LogP contribution >= 0.6 is 0 Å². The number of benzene rings is 1. The van der Waals surface area contributed by atoms with Crippen molar-refractivity contribution in [1.82, 2.24) is 15.5 Å². The molecular formula is C20H31N5O. The number of nitrogens with zero attached hydrogens (tertiary/aromatic N) is 3. The van der Waals surface area contributed by atoms with Crippen LogP contribution in [0.15, 0.2) is 29.3 Å². The predicted octanol–water partition coefficient (Wildman–Crippen LogP) is 1.96. The Morgan fingerprint density at radius 2 is 1.81 bits per heavy atom. The monoisotopic (exact) mass is 357 g/mol. The van der Waals surface area contributed by atoms with Crippen LogP contribution in [0.3, 0.4) is 0 Å². The topological polar surface area (TPSA) is 60.0 Å². The van der Waals surface area contributed by atoms with Gasteiger partial charge in [0.05, 0.1) is 0 Å². The maximum Gasteiger partial charge on any atom is 0.227 e. The smallest absolute Gasteiger partial charge is 0.227 e. The van der Waals surface area contributed by atoms with Gasteiger partial charge < -0.3 is 20.4 Å². The number of guanidine groups is 1. The van der Waals surface area contributed by atoms with Gasteiger partial charge in [0.25, 0.3) is 0 Å². The van der Waals surface area contributed by atoms with Crippen molar-refractivity contribution in [3.8, 4) is 0 Å². The summed E-state index contributed by atoms with van der Waals surface area (Å²) in [5.41, 5.74) is 2.18. The number of piperidine rings is 1. The lowest BCUT2D eigenvalue weighted by molar-refractivity contribution is -0.117. The third kappa shape index (κ3) is 5.21. The summed E-state index contributed by atoms with van der Waals surface area (Å²) in [6.07, 6.45) is 5.65. The molecule has 2 aliphatic rings. The quantitative estimate of drug-likeness (QED) is 0.604. The Balaban J connectivity index is 1.41. The molecule has 0 unspecified atom stereocenters. The predicted molar refractivity (Wildman–Crippen MR) is 107 cm³/mol. The lowest BCUT2D eigenvalue weighted by Gasteiger charge is -2.26. The molecule has 2 N–H and O–H groups in total. The summed E-state index contributed by atoms with van der Waals surface area (Å²) in [7, 11) is 1.80. The first-order valence-corrected chi connectivity index (χ1v) is 9.82. The first-order chi connectivity index (χ1) is 12.8. The maximum absolute atomic E-state index is 11.8. The second-order valence-corrected chi connectivity index (χ2v) is 7.07. The van der Waals surface area contributed by atoms with E-state index in [1.54, 1.807) is 7.05 Å². The van der Waals surface area contributed by atoms with E-state index in [4.69, 9.17) is 0 Å². The average molecular weight is 358 g/mol. The SMILES string of the molecule is CN=C(NCCN1CCCCC1)NCc1ccc(N2CCCC2=O)cc1. The zero-order valence-electron chi connectivity index (χ0n) is 15.8. The van der Waals surface area contributed by atoms with Gasteiger partial charge in [-0.1, -0.05) is 18.6 Å². The molecule has 0 radical (unpaired) electrons. The van der Waals surface area contributed by atoms with Crippen LogP contribution in [0.25, 0.3) is 0 Å². The minimum absolute atomic E-state index is 0.231. The minimum Gasteiger partial charge on any atom is -0.355 e. The number of amides is 1. The number of carbonyl (C=O) groups is 1. The van der Waals surface area contributed by atoms with Gasteiger partial charge in [-0.2, -0.15) is 0 Å². The Labute approximate surface area is 156 Å². The highest BCUT2D eigenvalue weighted by molar-refractivity contribution is 5.95. The van der Waals surface area contributed by atoms with Crippen molar-refractivity contribution >= 4 is 17.6 Å². The van der Waals surface area contributed by atoms with E-state index in [2.05, 4.69) is 32.7 Å². The molecule has 2 aliphatic heterocycles. The van der Waals surface area contributed by atoms with Crippen molar-refractivity contribution in [3.05, 3.63) is 29.8 Å². The highest BCUT2D eigenvalue weighted by Crippen LogP contribution is 2.21. The fraction of sp³-hybridized carbons (Fsp3) is 0.600. The molecule has 3 rings (SSSR count).